The van der Waals surface area contributed by atoms with Crippen LogP contribution in [-0.4, -0.2) is 30.6 Å². The molecule has 108 valence electrons. The highest BCUT2D eigenvalue weighted by molar-refractivity contribution is 5.36. The molecule has 2 aliphatic heterocycles. The van der Waals surface area contributed by atoms with Gasteiger partial charge in [0.25, 0.3) is 0 Å². The van der Waals surface area contributed by atoms with Crippen molar-refractivity contribution in [3.63, 3.8) is 0 Å². The molecule has 2 nitrogen and oxygen atoms in total. The number of likely N-dealkylation sites (tertiary alicyclic amines) is 1. The minimum Gasteiger partial charge on any atom is -0.316 e. The van der Waals surface area contributed by atoms with E-state index in [-0.39, 0.29) is 5.82 Å². The summed E-state index contributed by atoms with van der Waals surface area (Å²) in [5, 5.41) is 3.54. The zero-order valence-corrected chi connectivity index (χ0v) is 12.1. The normalized spacial score (nSPS) is 36.3. The lowest BCUT2D eigenvalue weighted by molar-refractivity contribution is 0.154. The average molecular weight is 274 g/mol. The summed E-state index contributed by atoms with van der Waals surface area (Å²) in [4.78, 5) is 2.70. The molecule has 0 saturated carbocycles. The predicted molar refractivity (Wildman–Crippen MR) is 78.1 cm³/mol. The lowest BCUT2D eigenvalue weighted by Crippen LogP contribution is -2.37. The number of hydrogen-bond acceptors (Lipinski definition) is 2. The van der Waals surface area contributed by atoms with Gasteiger partial charge in [-0.05, 0) is 61.4 Å². The first kappa shape index (κ1) is 12.8. The largest absolute Gasteiger partial charge is 0.316 e. The second-order valence-electron chi connectivity index (χ2n) is 6.62. The van der Waals surface area contributed by atoms with E-state index in [4.69, 9.17) is 0 Å². The fourth-order valence-corrected chi connectivity index (χ4v) is 4.88. The topological polar surface area (TPSA) is 15.3 Å². The first-order valence-corrected chi connectivity index (χ1v) is 8.03. The van der Waals surface area contributed by atoms with E-state index >= 15 is 0 Å². The molecule has 4 rings (SSSR count). The van der Waals surface area contributed by atoms with E-state index in [9.17, 15) is 4.39 Å². The Balaban J connectivity index is 1.65. The van der Waals surface area contributed by atoms with Gasteiger partial charge in [-0.25, -0.2) is 4.39 Å². The van der Waals surface area contributed by atoms with E-state index in [1.54, 1.807) is 6.07 Å². The molecular formula is C17H23FN2. The summed E-state index contributed by atoms with van der Waals surface area (Å²) in [6.45, 7) is 5.83. The van der Waals surface area contributed by atoms with Crippen LogP contribution in [0.2, 0.25) is 0 Å². The number of nitrogens with one attached hydrogen (secondary N) is 1. The Morgan fingerprint density at radius 3 is 3.10 bits per heavy atom. The van der Waals surface area contributed by atoms with Gasteiger partial charge in [-0.3, -0.25) is 4.90 Å². The Kier molecular flexibility index (Phi) is 3.08. The second kappa shape index (κ2) is 4.81. The van der Waals surface area contributed by atoms with Crippen molar-refractivity contribution in [1.29, 1.82) is 0 Å². The Bertz CT molecular complexity index is 516. The highest BCUT2D eigenvalue weighted by Crippen LogP contribution is 2.44. The molecule has 3 heteroatoms. The Morgan fingerprint density at radius 2 is 2.25 bits per heavy atom. The van der Waals surface area contributed by atoms with Gasteiger partial charge >= 0.3 is 0 Å². The molecule has 2 heterocycles. The molecule has 4 atom stereocenters. The molecule has 0 bridgehead atoms. The highest BCUT2D eigenvalue weighted by atomic mass is 19.1. The third-order valence-corrected chi connectivity index (χ3v) is 5.76. The summed E-state index contributed by atoms with van der Waals surface area (Å²) in [7, 11) is 0. The molecule has 2 saturated heterocycles. The lowest BCUT2D eigenvalue weighted by atomic mass is 9.92. The smallest absolute Gasteiger partial charge is 0.126 e. The number of fused-ring (bicyclic) bond motifs is 2. The van der Waals surface area contributed by atoms with Crippen LogP contribution in [-0.2, 0) is 6.42 Å². The molecule has 0 spiro atoms. The number of halogens is 1. The van der Waals surface area contributed by atoms with E-state index in [1.807, 2.05) is 6.07 Å². The van der Waals surface area contributed by atoms with Crippen LogP contribution in [0.3, 0.4) is 0 Å². The number of nitrogens with zero attached hydrogens (tertiary/aromatic N) is 1. The Labute approximate surface area is 120 Å². The van der Waals surface area contributed by atoms with Crippen molar-refractivity contribution in [1.82, 2.24) is 10.2 Å². The molecule has 1 aromatic rings. The summed E-state index contributed by atoms with van der Waals surface area (Å²) < 4.78 is 13.9. The monoisotopic (exact) mass is 274 g/mol. The van der Waals surface area contributed by atoms with Crippen molar-refractivity contribution in [3.05, 3.63) is 35.1 Å². The zero-order chi connectivity index (χ0) is 13.7. The van der Waals surface area contributed by atoms with Crippen molar-refractivity contribution < 1.29 is 4.39 Å². The summed E-state index contributed by atoms with van der Waals surface area (Å²) in [5.41, 5.74) is 2.24. The quantitative estimate of drug-likeness (QED) is 0.892. The van der Waals surface area contributed by atoms with E-state index in [0.717, 1.165) is 30.2 Å². The van der Waals surface area contributed by atoms with Crippen molar-refractivity contribution in [2.24, 2.45) is 11.8 Å². The van der Waals surface area contributed by atoms with Crippen molar-refractivity contribution in [2.75, 3.05) is 19.6 Å². The van der Waals surface area contributed by atoms with Crippen molar-refractivity contribution >= 4 is 0 Å². The van der Waals surface area contributed by atoms with E-state index in [2.05, 4.69) is 23.2 Å². The van der Waals surface area contributed by atoms with Crippen LogP contribution in [0.1, 0.15) is 36.9 Å². The molecule has 0 amide bonds. The van der Waals surface area contributed by atoms with Crippen LogP contribution in [0.4, 0.5) is 4.39 Å². The first-order valence-electron chi connectivity index (χ1n) is 8.03. The molecule has 4 unspecified atom stereocenters. The van der Waals surface area contributed by atoms with Gasteiger partial charge in [0.05, 0.1) is 0 Å². The molecule has 0 radical (unpaired) electrons. The minimum absolute atomic E-state index is 0.000828. The number of rotatable bonds is 2. The fourth-order valence-electron chi connectivity index (χ4n) is 4.88. The van der Waals surface area contributed by atoms with Gasteiger partial charge < -0.3 is 5.32 Å². The number of hydrogen-bond donors (Lipinski definition) is 1. The van der Waals surface area contributed by atoms with Gasteiger partial charge in [-0.2, -0.15) is 0 Å². The summed E-state index contributed by atoms with van der Waals surface area (Å²) in [6.07, 6.45) is 3.22. The standard InChI is InChI=1S/C17H23FN2/c1-2-16-14-9-19-8-11(14)10-20(16)17-7-6-12-13(17)4-3-5-15(12)18/h3-5,11,14,16-17,19H,2,6-10H2,1H3. The van der Waals surface area contributed by atoms with Crippen molar-refractivity contribution in [2.45, 2.75) is 38.3 Å². The zero-order valence-electron chi connectivity index (χ0n) is 12.1. The molecule has 1 N–H and O–H groups in total. The summed E-state index contributed by atoms with van der Waals surface area (Å²) >= 11 is 0. The van der Waals surface area contributed by atoms with E-state index < -0.39 is 0 Å². The van der Waals surface area contributed by atoms with E-state index in [1.165, 1.54) is 31.6 Å². The SMILES string of the molecule is CCC1C2CNCC2CN1C1CCc2c(F)cccc21. The maximum atomic E-state index is 13.9. The van der Waals surface area contributed by atoms with Crippen LogP contribution in [0.15, 0.2) is 18.2 Å². The van der Waals surface area contributed by atoms with E-state index in [0.29, 0.717) is 12.1 Å². The molecule has 20 heavy (non-hydrogen) atoms. The first-order chi connectivity index (χ1) is 9.79. The minimum atomic E-state index is -0.000828. The molecule has 1 aliphatic carbocycles. The maximum Gasteiger partial charge on any atom is 0.126 e. The van der Waals surface area contributed by atoms with Gasteiger partial charge in [0.15, 0.2) is 0 Å². The summed E-state index contributed by atoms with van der Waals surface area (Å²) in [6, 6.07) is 6.77. The molecule has 3 aliphatic rings. The van der Waals surface area contributed by atoms with Crippen molar-refractivity contribution in [3.8, 4) is 0 Å². The third kappa shape index (κ3) is 1.76. The molecule has 1 aromatic carbocycles. The van der Waals surface area contributed by atoms with Gasteiger partial charge in [0.1, 0.15) is 5.82 Å². The average Bonchev–Trinajstić information content (AvgIpc) is 3.11. The Hall–Kier alpha value is -0.930. The fraction of sp³-hybridized carbons (Fsp3) is 0.647. The number of benzene rings is 1. The predicted octanol–water partition coefficient (Wildman–Crippen LogP) is 2.74. The van der Waals surface area contributed by atoms with Gasteiger partial charge in [0.2, 0.25) is 0 Å². The van der Waals surface area contributed by atoms with Crippen LogP contribution in [0, 0.1) is 17.7 Å². The van der Waals surface area contributed by atoms with Crippen LogP contribution < -0.4 is 5.32 Å². The van der Waals surface area contributed by atoms with Crippen LogP contribution in [0.25, 0.3) is 0 Å². The molecule has 0 aromatic heterocycles. The summed E-state index contributed by atoms with van der Waals surface area (Å²) in [5.74, 6) is 1.61. The Morgan fingerprint density at radius 1 is 1.35 bits per heavy atom. The van der Waals surface area contributed by atoms with Crippen LogP contribution in [0.5, 0.6) is 0 Å². The van der Waals surface area contributed by atoms with Gasteiger partial charge in [-0.1, -0.05) is 19.1 Å². The van der Waals surface area contributed by atoms with Gasteiger partial charge in [-0.15, -0.1) is 0 Å². The second-order valence-corrected chi connectivity index (χ2v) is 6.62. The van der Waals surface area contributed by atoms with Gasteiger partial charge in [0, 0.05) is 18.6 Å². The highest BCUT2D eigenvalue weighted by Gasteiger charge is 2.46. The maximum absolute atomic E-state index is 13.9. The third-order valence-electron chi connectivity index (χ3n) is 5.76. The molecule has 2 fully saturated rings. The lowest BCUT2D eigenvalue weighted by Gasteiger charge is -2.33. The molecular weight excluding hydrogens is 251 g/mol. The van der Waals surface area contributed by atoms with Crippen LogP contribution >= 0.6 is 0 Å².